The topological polar surface area (TPSA) is 80.8 Å². The molecule has 7 nitrogen and oxygen atoms in total. The number of anilines is 2. The lowest BCUT2D eigenvalue weighted by atomic mass is 10.0. The molecule has 0 aliphatic carbocycles. The summed E-state index contributed by atoms with van der Waals surface area (Å²) in [7, 11) is 0. The van der Waals surface area contributed by atoms with Crippen LogP contribution in [0.5, 0.6) is 5.75 Å². The largest absolute Gasteiger partial charge is 0.488 e. The zero-order valence-electron chi connectivity index (χ0n) is 18.3. The molecule has 4 rings (SSSR count). The van der Waals surface area contributed by atoms with Gasteiger partial charge >= 0.3 is 12.0 Å². The molecule has 164 valence electrons. The average Bonchev–Trinajstić information content (AvgIpc) is 2.78. The molecule has 0 fully saturated rings. The molecule has 7 heteroatoms. The van der Waals surface area contributed by atoms with Crippen LogP contribution in [0.4, 0.5) is 16.3 Å². The fourth-order valence-corrected chi connectivity index (χ4v) is 3.33. The fraction of sp³-hybridized carbons (Fsp3) is 0.240. The number of carbonyl (C=O) groups excluding carboxylic acids is 2. The highest BCUT2D eigenvalue weighted by molar-refractivity contribution is 6.02. The molecule has 0 unspecified atom stereocenters. The van der Waals surface area contributed by atoms with Crippen LogP contribution in [0.2, 0.25) is 0 Å². The Morgan fingerprint density at radius 1 is 1.03 bits per heavy atom. The minimum Gasteiger partial charge on any atom is -0.488 e. The van der Waals surface area contributed by atoms with Gasteiger partial charge in [0.2, 0.25) is 0 Å². The molecule has 1 aliphatic rings. The van der Waals surface area contributed by atoms with Gasteiger partial charge in [-0.3, -0.25) is 4.90 Å². The molecule has 0 bridgehead atoms. The number of hydrogen-bond acceptors (Lipinski definition) is 5. The lowest BCUT2D eigenvalue weighted by Crippen LogP contribution is -2.41. The second kappa shape index (κ2) is 8.70. The van der Waals surface area contributed by atoms with E-state index in [1.165, 1.54) is 0 Å². The molecule has 1 aliphatic heterocycles. The minimum absolute atomic E-state index is 0.270. The summed E-state index contributed by atoms with van der Waals surface area (Å²) in [5.74, 6) is 0.585. The van der Waals surface area contributed by atoms with E-state index in [1.807, 2.05) is 63.2 Å². The van der Waals surface area contributed by atoms with E-state index in [-0.39, 0.29) is 12.0 Å². The van der Waals surface area contributed by atoms with E-state index in [0.29, 0.717) is 36.0 Å². The van der Waals surface area contributed by atoms with Crippen LogP contribution in [-0.2, 0) is 4.74 Å². The van der Waals surface area contributed by atoms with Gasteiger partial charge in [-0.1, -0.05) is 30.3 Å². The molecule has 2 amide bonds. The molecule has 0 spiro atoms. The zero-order chi connectivity index (χ0) is 22.7. The molecule has 0 atom stereocenters. The lowest BCUT2D eigenvalue weighted by molar-refractivity contribution is 0.00695. The van der Waals surface area contributed by atoms with Crippen molar-refractivity contribution in [3.63, 3.8) is 0 Å². The summed E-state index contributed by atoms with van der Waals surface area (Å²) in [4.78, 5) is 31.3. The molecule has 0 saturated heterocycles. The van der Waals surface area contributed by atoms with Crippen molar-refractivity contribution >= 4 is 23.5 Å². The highest BCUT2D eigenvalue weighted by atomic mass is 16.6. The lowest BCUT2D eigenvalue weighted by Gasteiger charge is -2.28. The van der Waals surface area contributed by atoms with Crippen molar-refractivity contribution < 1.29 is 19.1 Å². The molecular weight excluding hydrogens is 406 g/mol. The van der Waals surface area contributed by atoms with Crippen molar-refractivity contribution in [2.45, 2.75) is 26.4 Å². The number of benzene rings is 2. The number of nitrogens with one attached hydrogen (secondary N) is 1. The summed E-state index contributed by atoms with van der Waals surface area (Å²) in [5.41, 5.74) is 2.18. The van der Waals surface area contributed by atoms with Crippen molar-refractivity contribution in [3.8, 4) is 16.9 Å². The van der Waals surface area contributed by atoms with E-state index in [0.717, 1.165) is 11.1 Å². The number of rotatable bonds is 3. The zero-order valence-corrected chi connectivity index (χ0v) is 18.3. The first-order valence-electron chi connectivity index (χ1n) is 10.4. The van der Waals surface area contributed by atoms with Crippen molar-refractivity contribution in [1.29, 1.82) is 0 Å². The number of nitrogens with zero attached hydrogens (tertiary/aromatic N) is 2. The maximum Gasteiger partial charge on any atom is 0.338 e. The second-order valence-electron chi connectivity index (χ2n) is 8.42. The Hall–Kier alpha value is -3.87. The molecule has 0 saturated carbocycles. The SMILES string of the molecule is CC(C)(C)OC(=O)c1cccc(-c2cnc3c(c2)OCCN3C(=O)Nc2ccccc2)c1. The Kier molecular flexibility index (Phi) is 5.81. The predicted octanol–water partition coefficient (Wildman–Crippen LogP) is 5.13. The van der Waals surface area contributed by atoms with Crippen LogP contribution in [0.15, 0.2) is 66.9 Å². The number of ether oxygens (including phenoxy) is 2. The molecule has 2 aromatic carbocycles. The van der Waals surface area contributed by atoms with Gasteiger partial charge in [-0.05, 0) is 56.7 Å². The van der Waals surface area contributed by atoms with E-state index in [9.17, 15) is 9.59 Å². The van der Waals surface area contributed by atoms with Crippen LogP contribution in [0, 0.1) is 0 Å². The van der Waals surface area contributed by atoms with Gasteiger partial charge in [0.1, 0.15) is 12.2 Å². The number of carbonyl (C=O) groups is 2. The highest BCUT2D eigenvalue weighted by Crippen LogP contribution is 2.34. The van der Waals surface area contributed by atoms with E-state index in [1.54, 1.807) is 29.3 Å². The summed E-state index contributed by atoms with van der Waals surface area (Å²) in [6.45, 7) is 6.25. The summed E-state index contributed by atoms with van der Waals surface area (Å²) < 4.78 is 11.2. The average molecular weight is 431 g/mol. The van der Waals surface area contributed by atoms with Crippen molar-refractivity contribution in [3.05, 3.63) is 72.4 Å². The third kappa shape index (κ3) is 4.88. The number of aromatic nitrogens is 1. The van der Waals surface area contributed by atoms with Gasteiger partial charge in [0, 0.05) is 17.4 Å². The van der Waals surface area contributed by atoms with Crippen LogP contribution in [-0.4, -0.2) is 35.7 Å². The van der Waals surface area contributed by atoms with E-state index in [4.69, 9.17) is 9.47 Å². The number of urea groups is 1. The van der Waals surface area contributed by atoms with Crippen LogP contribution < -0.4 is 15.0 Å². The molecule has 3 aromatic rings. The first kappa shape index (κ1) is 21.4. The number of amides is 2. The first-order valence-corrected chi connectivity index (χ1v) is 10.4. The van der Waals surface area contributed by atoms with Gasteiger partial charge in [0.25, 0.3) is 0 Å². The monoisotopic (exact) mass is 431 g/mol. The predicted molar refractivity (Wildman–Crippen MR) is 123 cm³/mol. The number of pyridine rings is 1. The van der Waals surface area contributed by atoms with Crippen LogP contribution in [0.3, 0.4) is 0 Å². The van der Waals surface area contributed by atoms with Gasteiger partial charge in [-0.2, -0.15) is 0 Å². The minimum atomic E-state index is -0.571. The van der Waals surface area contributed by atoms with Gasteiger partial charge in [-0.15, -0.1) is 0 Å². The molecular formula is C25H25N3O4. The van der Waals surface area contributed by atoms with Gasteiger partial charge in [0.15, 0.2) is 11.6 Å². The Morgan fingerprint density at radius 3 is 2.56 bits per heavy atom. The van der Waals surface area contributed by atoms with Gasteiger partial charge in [-0.25, -0.2) is 14.6 Å². The third-order valence-electron chi connectivity index (χ3n) is 4.76. The smallest absolute Gasteiger partial charge is 0.338 e. The number of esters is 1. The molecule has 1 aromatic heterocycles. The third-order valence-corrected chi connectivity index (χ3v) is 4.76. The van der Waals surface area contributed by atoms with E-state index < -0.39 is 5.60 Å². The van der Waals surface area contributed by atoms with E-state index in [2.05, 4.69) is 10.3 Å². The summed E-state index contributed by atoms with van der Waals surface area (Å²) in [6.07, 6.45) is 1.67. The highest BCUT2D eigenvalue weighted by Gasteiger charge is 2.26. The fourth-order valence-electron chi connectivity index (χ4n) is 3.33. The molecule has 1 N–H and O–H groups in total. The quantitative estimate of drug-likeness (QED) is 0.581. The van der Waals surface area contributed by atoms with Crippen molar-refractivity contribution in [2.24, 2.45) is 0 Å². The molecule has 32 heavy (non-hydrogen) atoms. The summed E-state index contributed by atoms with van der Waals surface area (Å²) >= 11 is 0. The van der Waals surface area contributed by atoms with Crippen LogP contribution in [0.25, 0.3) is 11.1 Å². The van der Waals surface area contributed by atoms with Gasteiger partial charge < -0.3 is 14.8 Å². The van der Waals surface area contributed by atoms with Crippen LogP contribution in [0.1, 0.15) is 31.1 Å². The van der Waals surface area contributed by atoms with Gasteiger partial charge in [0.05, 0.1) is 12.1 Å². The Bertz CT molecular complexity index is 1140. The maximum atomic E-state index is 12.8. The van der Waals surface area contributed by atoms with Crippen molar-refractivity contribution in [2.75, 3.05) is 23.4 Å². The Labute approximate surface area is 187 Å². The first-order chi connectivity index (χ1) is 15.3. The number of para-hydroxylation sites is 1. The second-order valence-corrected chi connectivity index (χ2v) is 8.42. The summed E-state index contributed by atoms with van der Waals surface area (Å²) in [6, 6.07) is 18.0. The van der Waals surface area contributed by atoms with Crippen LogP contribution >= 0.6 is 0 Å². The van der Waals surface area contributed by atoms with E-state index >= 15 is 0 Å². The summed E-state index contributed by atoms with van der Waals surface area (Å²) in [5, 5.41) is 2.88. The standard InChI is InChI=1S/C25H25N3O4/c1-25(2,3)32-23(29)18-9-7-8-17(14-18)19-15-21-22(26-16-19)28(12-13-31-21)24(30)27-20-10-5-4-6-11-20/h4-11,14-16H,12-13H2,1-3H3,(H,27,30). The maximum absolute atomic E-state index is 12.8. The van der Waals surface area contributed by atoms with Crippen molar-refractivity contribution in [1.82, 2.24) is 4.98 Å². The Balaban J connectivity index is 1.57. The Morgan fingerprint density at radius 2 is 1.81 bits per heavy atom. The molecule has 2 heterocycles. The normalized spacial score (nSPS) is 13.0. The number of fused-ring (bicyclic) bond motifs is 1. The number of hydrogen-bond donors (Lipinski definition) is 1. The molecule has 0 radical (unpaired) electrons.